The molecule has 0 rings (SSSR count). The van der Waals surface area contributed by atoms with Gasteiger partial charge in [0.05, 0.1) is 0 Å². The summed E-state index contributed by atoms with van der Waals surface area (Å²) in [5.41, 5.74) is 0. The maximum atomic E-state index is 8.88. The Labute approximate surface area is 62.9 Å². The summed E-state index contributed by atoms with van der Waals surface area (Å²) in [5, 5.41) is 0. The summed E-state index contributed by atoms with van der Waals surface area (Å²) in [4.78, 5) is 21.6. The molecule has 0 aromatic rings. The van der Waals surface area contributed by atoms with Gasteiger partial charge in [-0.3, -0.25) is 0 Å². The zero-order valence-electron chi connectivity index (χ0n) is 4.20. The summed E-state index contributed by atoms with van der Waals surface area (Å²) in [5.74, 6) is 0. The van der Waals surface area contributed by atoms with Gasteiger partial charge in [-0.05, 0) is 0 Å². The van der Waals surface area contributed by atoms with Crippen LogP contribution in [0.3, 0.4) is 0 Å². The minimum atomic E-state index is -4.64. The van der Waals surface area contributed by atoms with Gasteiger partial charge in [-0.15, -0.1) is 0 Å². The Morgan fingerprint density at radius 2 is 1.14 bits per heavy atom. The Balaban J connectivity index is -0.0000000800. The molecule has 0 aromatic heterocycles. The van der Waals surface area contributed by atoms with Crippen LogP contribution in [0.5, 0.6) is 0 Å². The van der Waals surface area contributed by atoms with Gasteiger partial charge in [0.25, 0.3) is 0 Å². The molecule has 0 heterocycles. The molecule has 7 heteroatoms. The van der Waals surface area contributed by atoms with Crippen LogP contribution in [-0.4, -0.2) is 14.7 Å². The average Bonchev–Trinajstić information content (AvgIpc) is 0.722. The van der Waals surface area contributed by atoms with Crippen LogP contribution in [0.15, 0.2) is 0 Å². The molecule has 5 nitrogen and oxygen atoms in total. The summed E-state index contributed by atoms with van der Waals surface area (Å²) in [6.45, 7) is 0. The van der Waals surface area contributed by atoms with E-state index >= 15 is 0 Å². The number of rotatable bonds is 0. The zero-order valence-corrected chi connectivity index (χ0v) is 7.09. The van der Waals surface area contributed by atoms with Crippen molar-refractivity contribution in [3.8, 4) is 0 Å². The first kappa shape index (κ1) is 15.7. The molecule has 0 aliphatic heterocycles. The van der Waals surface area contributed by atoms with Gasteiger partial charge in [-0.1, -0.05) is 0 Å². The van der Waals surface area contributed by atoms with Gasteiger partial charge in [0.1, 0.15) is 0 Å². The summed E-state index contributed by atoms with van der Waals surface area (Å²) >= 11 is 0. The van der Waals surface area contributed by atoms with Crippen molar-refractivity contribution in [1.82, 2.24) is 6.15 Å². The van der Waals surface area contributed by atoms with E-state index in [-0.39, 0.29) is 35.7 Å². The van der Waals surface area contributed by atoms with Crippen LogP contribution < -0.4 is 35.7 Å². The van der Waals surface area contributed by atoms with Gasteiger partial charge in [0.2, 0.25) is 0 Å². The van der Waals surface area contributed by atoms with E-state index in [4.69, 9.17) is 19.2 Å². The Bertz CT molecular complexity index is 57.8. The molecule has 0 fully saturated rings. The van der Waals surface area contributed by atoms with Crippen LogP contribution in [0.1, 0.15) is 0 Å². The number of hydrogen-bond acceptors (Lipinski definition) is 1. The molecule has 0 bridgehead atoms. The molecule has 0 radical (unpaired) electrons. The predicted molar refractivity (Wildman–Crippen MR) is 20.2 cm³/mol. The van der Waals surface area contributed by atoms with Crippen LogP contribution in [-0.2, 0) is 4.57 Å². The summed E-state index contributed by atoms with van der Waals surface area (Å²) < 4.78 is 8.88. The van der Waals surface area contributed by atoms with Crippen LogP contribution >= 0.6 is 7.82 Å². The smallest absolute Gasteiger partial charge is 0.369 e. The first-order chi connectivity index (χ1) is 2.00. The molecule has 40 valence electrons. The van der Waals surface area contributed by atoms with Crippen molar-refractivity contribution in [2.45, 2.75) is 0 Å². The van der Waals surface area contributed by atoms with E-state index in [9.17, 15) is 0 Å². The predicted octanol–water partition coefficient (Wildman–Crippen LogP) is -3.55. The van der Waals surface area contributed by atoms with Gasteiger partial charge in [-0.25, -0.2) is 4.57 Å². The molecule has 0 spiro atoms. The van der Waals surface area contributed by atoms with Crippen molar-refractivity contribution < 1.29 is 48.8 Å². The van der Waals surface area contributed by atoms with Crippen LogP contribution in [0.2, 0.25) is 0 Å². The standard InChI is InChI=1S/H3N.Na.H3O4P/c;;1-5(2,3)4/h1H3;;(H3,1,2,3,4)/q;+1;/p+1. The fraction of sp³-hybridized carbons (Fsp3) is 0. The first-order valence-corrected chi connectivity index (χ1v) is 2.35. The fourth-order valence-electron chi connectivity index (χ4n) is 0. The van der Waals surface area contributed by atoms with Crippen molar-refractivity contribution in [3.05, 3.63) is 0 Å². The molecule has 0 amide bonds. The van der Waals surface area contributed by atoms with E-state index in [0.29, 0.717) is 0 Å². The maximum absolute atomic E-state index is 8.88. The number of phosphoric acid groups is 1. The van der Waals surface area contributed by atoms with E-state index in [1.807, 2.05) is 0 Å². The van der Waals surface area contributed by atoms with Crippen molar-refractivity contribution in [2.24, 2.45) is 0 Å². The Morgan fingerprint density at radius 1 is 1.14 bits per heavy atom. The number of quaternary nitrogens is 1. The molecule has 0 unspecified atom stereocenters. The minimum absolute atomic E-state index is 0. The summed E-state index contributed by atoms with van der Waals surface area (Å²) in [6, 6.07) is 0. The first-order valence-electron chi connectivity index (χ1n) is 0.783. The second kappa shape index (κ2) is 5.21. The van der Waals surface area contributed by atoms with E-state index < -0.39 is 7.82 Å². The Hall–Kier alpha value is 1.07. The van der Waals surface area contributed by atoms with Gasteiger partial charge < -0.3 is 20.8 Å². The summed E-state index contributed by atoms with van der Waals surface area (Å²) in [7, 11) is -4.64. The van der Waals surface area contributed by atoms with Gasteiger partial charge in [-0.2, -0.15) is 0 Å². The van der Waals surface area contributed by atoms with Crippen molar-refractivity contribution in [1.29, 1.82) is 0 Å². The van der Waals surface area contributed by atoms with Crippen LogP contribution in [0, 0.1) is 0 Å². The number of hydrogen-bond donors (Lipinski definition) is 4. The van der Waals surface area contributed by atoms with E-state index in [1.54, 1.807) is 0 Å². The molecule has 0 aliphatic rings. The molecule has 0 aromatic carbocycles. The van der Waals surface area contributed by atoms with Gasteiger partial charge in [0, 0.05) is 0 Å². The fourth-order valence-corrected chi connectivity index (χ4v) is 0. The third kappa shape index (κ3) is 159. The van der Waals surface area contributed by atoms with Crippen LogP contribution in [0.25, 0.3) is 0 Å². The third-order valence-corrected chi connectivity index (χ3v) is 0. The SMILES string of the molecule is O=P(O)(O)O.[NH4+].[Na+]. The van der Waals surface area contributed by atoms with Gasteiger partial charge >= 0.3 is 37.4 Å². The van der Waals surface area contributed by atoms with Gasteiger partial charge in [0.15, 0.2) is 0 Å². The van der Waals surface area contributed by atoms with Crippen LogP contribution in [0.4, 0.5) is 0 Å². The summed E-state index contributed by atoms with van der Waals surface area (Å²) in [6.07, 6.45) is 0. The molecule has 0 saturated carbocycles. The topological polar surface area (TPSA) is 114 Å². The molecular weight excluding hydrogens is 132 g/mol. The maximum Gasteiger partial charge on any atom is 1.00 e. The molecule has 7 heavy (non-hydrogen) atoms. The Morgan fingerprint density at radius 3 is 1.14 bits per heavy atom. The molecule has 0 atom stereocenters. The monoisotopic (exact) mass is 139 g/mol. The molecule has 7 N–H and O–H groups in total. The normalized spacial score (nSPS) is 8.43. The average molecular weight is 139 g/mol. The second-order valence-corrected chi connectivity index (χ2v) is 1.54. The van der Waals surface area contributed by atoms with E-state index in [0.717, 1.165) is 0 Å². The Kier molecular flexibility index (Phi) is 11.7. The third-order valence-electron chi connectivity index (χ3n) is 0. The van der Waals surface area contributed by atoms with Crippen molar-refractivity contribution >= 4 is 7.82 Å². The molecule has 0 aliphatic carbocycles. The zero-order chi connectivity index (χ0) is 4.50. The second-order valence-electron chi connectivity index (χ2n) is 0.513. The van der Waals surface area contributed by atoms with E-state index in [2.05, 4.69) is 0 Å². The van der Waals surface area contributed by atoms with Crippen molar-refractivity contribution in [2.75, 3.05) is 0 Å². The van der Waals surface area contributed by atoms with E-state index in [1.165, 1.54) is 0 Å². The molecular formula is H7NNaO4P+2. The minimum Gasteiger partial charge on any atom is -0.369 e. The largest absolute Gasteiger partial charge is 1.00 e. The quantitative estimate of drug-likeness (QED) is 0.205. The molecule has 0 saturated heterocycles. The van der Waals surface area contributed by atoms with Crippen molar-refractivity contribution in [3.63, 3.8) is 0 Å².